The molecule has 78 valence electrons. The van der Waals surface area contributed by atoms with E-state index in [0.717, 1.165) is 19.3 Å². The van der Waals surface area contributed by atoms with Gasteiger partial charge in [0.25, 0.3) is 0 Å². The molecule has 1 nitrogen and oxygen atoms in total. The van der Waals surface area contributed by atoms with Crippen molar-refractivity contribution in [1.82, 2.24) is 0 Å². The average molecular weight is 199 g/mol. The van der Waals surface area contributed by atoms with Gasteiger partial charge in [0.2, 0.25) is 0 Å². The Morgan fingerprint density at radius 1 is 1.20 bits per heavy atom. The summed E-state index contributed by atoms with van der Waals surface area (Å²) in [6, 6.07) is 11.1. The maximum Gasteiger partial charge on any atom is 0.0822 e. The standard InChI is InChI=1S/C14H17N/c1-2-12-5-7-13(8-6-12)14(11-15)9-3-4-10-14/h5-8H,2-4,9-10H2,1H3. The molecular formula is C14H17N. The third kappa shape index (κ3) is 1.77. The van der Waals surface area contributed by atoms with Gasteiger partial charge in [-0.15, -0.1) is 0 Å². The summed E-state index contributed by atoms with van der Waals surface area (Å²) in [6.45, 7) is 2.16. The lowest BCUT2D eigenvalue weighted by Crippen LogP contribution is -2.19. The minimum atomic E-state index is -0.174. The second-order valence-corrected chi connectivity index (χ2v) is 4.45. The van der Waals surface area contributed by atoms with Crippen LogP contribution >= 0.6 is 0 Å². The summed E-state index contributed by atoms with van der Waals surface area (Å²) < 4.78 is 0. The quantitative estimate of drug-likeness (QED) is 0.714. The summed E-state index contributed by atoms with van der Waals surface area (Å²) in [5, 5.41) is 9.35. The van der Waals surface area contributed by atoms with E-state index in [9.17, 15) is 5.26 Å². The fourth-order valence-electron chi connectivity index (χ4n) is 2.50. The molecule has 0 atom stereocenters. The second kappa shape index (κ2) is 4.06. The number of hydrogen-bond donors (Lipinski definition) is 0. The Labute approximate surface area is 91.7 Å². The van der Waals surface area contributed by atoms with Crippen LogP contribution in [0, 0.1) is 11.3 Å². The monoisotopic (exact) mass is 199 g/mol. The Morgan fingerprint density at radius 2 is 1.80 bits per heavy atom. The van der Waals surface area contributed by atoms with E-state index < -0.39 is 0 Å². The first-order valence-corrected chi connectivity index (χ1v) is 5.81. The van der Waals surface area contributed by atoms with Crippen LogP contribution in [-0.2, 0) is 11.8 Å². The van der Waals surface area contributed by atoms with E-state index in [1.807, 2.05) is 0 Å². The molecule has 2 rings (SSSR count). The highest BCUT2D eigenvalue weighted by molar-refractivity contribution is 5.35. The van der Waals surface area contributed by atoms with E-state index in [1.54, 1.807) is 0 Å². The first-order chi connectivity index (χ1) is 7.30. The summed E-state index contributed by atoms with van der Waals surface area (Å²) in [6.07, 6.45) is 5.54. The van der Waals surface area contributed by atoms with E-state index in [0.29, 0.717) is 0 Å². The number of nitrogens with zero attached hydrogens (tertiary/aromatic N) is 1. The fraction of sp³-hybridized carbons (Fsp3) is 0.500. The van der Waals surface area contributed by atoms with Gasteiger partial charge in [0.15, 0.2) is 0 Å². The predicted octanol–water partition coefficient (Wildman–Crippen LogP) is 3.58. The van der Waals surface area contributed by atoms with E-state index in [2.05, 4.69) is 37.3 Å². The molecule has 1 aliphatic carbocycles. The summed E-state index contributed by atoms with van der Waals surface area (Å²) in [4.78, 5) is 0. The van der Waals surface area contributed by atoms with Crippen LogP contribution in [0.4, 0.5) is 0 Å². The normalized spacial score (nSPS) is 18.7. The van der Waals surface area contributed by atoms with Crippen LogP contribution in [0.3, 0.4) is 0 Å². The van der Waals surface area contributed by atoms with Crippen molar-refractivity contribution >= 4 is 0 Å². The van der Waals surface area contributed by atoms with Gasteiger partial charge in [-0.3, -0.25) is 0 Å². The minimum Gasteiger partial charge on any atom is -0.197 e. The van der Waals surface area contributed by atoms with Gasteiger partial charge in [-0.2, -0.15) is 5.26 Å². The zero-order chi connectivity index (χ0) is 10.7. The molecule has 0 saturated heterocycles. The van der Waals surface area contributed by atoms with Crippen molar-refractivity contribution in [3.8, 4) is 6.07 Å². The Balaban J connectivity index is 2.32. The smallest absolute Gasteiger partial charge is 0.0822 e. The molecule has 1 fully saturated rings. The third-order valence-electron chi connectivity index (χ3n) is 3.59. The van der Waals surface area contributed by atoms with E-state index >= 15 is 0 Å². The molecule has 1 saturated carbocycles. The Hall–Kier alpha value is -1.29. The highest BCUT2D eigenvalue weighted by atomic mass is 14.4. The van der Waals surface area contributed by atoms with Crippen LogP contribution in [0.5, 0.6) is 0 Å². The second-order valence-electron chi connectivity index (χ2n) is 4.45. The van der Waals surface area contributed by atoms with Crippen LogP contribution in [0.1, 0.15) is 43.7 Å². The van der Waals surface area contributed by atoms with Crippen molar-refractivity contribution < 1.29 is 0 Å². The molecule has 1 aliphatic rings. The summed E-state index contributed by atoms with van der Waals surface area (Å²) >= 11 is 0. The lowest BCUT2D eigenvalue weighted by molar-refractivity contribution is 0.573. The highest BCUT2D eigenvalue weighted by Crippen LogP contribution is 2.40. The van der Waals surface area contributed by atoms with Crippen molar-refractivity contribution in [3.05, 3.63) is 35.4 Å². The summed E-state index contributed by atoms with van der Waals surface area (Å²) in [5.41, 5.74) is 2.40. The van der Waals surface area contributed by atoms with Crippen molar-refractivity contribution in [2.24, 2.45) is 0 Å². The van der Waals surface area contributed by atoms with Gasteiger partial charge in [-0.25, -0.2) is 0 Å². The van der Waals surface area contributed by atoms with Crippen molar-refractivity contribution in [1.29, 1.82) is 5.26 Å². The number of hydrogen-bond acceptors (Lipinski definition) is 1. The van der Waals surface area contributed by atoms with E-state index in [1.165, 1.54) is 24.0 Å². The van der Waals surface area contributed by atoms with Gasteiger partial charge in [-0.05, 0) is 30.4 Å². The number of benzene rings is 1. The predicted molar refractivity (Wildman–Crippen MR) is 61.6 cm³/mol. The third-order valence-corrected chi connectivity index (χ3v) is 3.59. The molecule has 0 radical (unpaired) electrons. The molecular weight excluding hydrogens is 182 g/mol. The molecule has 0 N–H and O–H groups in total. The average Bonchev–Trinajstić information content (AvgIpc) is 2.79. The van der Waals surface area contributed by atoms with Crippen molar-refractivity contribution in [2.45, 2.75) is 44.4 Å². The molecule has 0 amide bonds. The Morgan fingerprint density at radius 3 is 2.27 bits per heavy atom. The molecule has 0 spiro atoms. The van der Waals surface area contributed by atoms with Crippen molar-refractivity contribution in [3.63, 3.8) is 0 Å². The van der Waals surface area contributed by atoms with Gasteiger partial charge in [0.05, 0.1) is 11.5 Å². The van der Waals surface area contributed by atoms with Gasteiger partial charge < -0.3 is 0 Å². The molecule has 0 aromatic heterocycles. The molecule has 0 heterocycles. The van der Waals surface area contributed by atoms with Gasteiger partial charge in [-0.1, -0.05) is 44.0 Å². The maximum atomic E-state index is 9.35. The minimum absolute atomic E-state index is 0.174. The number of aryl methyl sites for hydroxylation is 1. The lowest BCUT2D eigenvalue weighted by atomic mass is 9.80. The van der Waals surface area contributed by atoms with Crippen LogP contribution in [0.2, 0.25) is 0 Å². The highest BCUT2D eigenvalue weighted by Gasteiger charge is 2.35. The van der Waals surface area contributed by atoms with Gasteiger partial charge in [0, 0.05) is 0 Å². The summed E-state index contributed by atoms with van der Waals surface area (Å²) in [7, 11) is 0. The van der Waals surface area contributed by atoms with Gasteiger partial charge >= 0.3 is 0 Å². The lowest BCUT2D eigenvalue weighted by Gasteiger charge is -2.20. The molecule has 1 aromatic carbocycles. The van der Waals surface area contributed by atoms with Gasteiger partial charge in [0.1, 0.15) is 0 Å². The van der Waals surface area contributed by atoms with Crippen LogP contribution in [0.25, 0.3) is 0 Å². The largest absolute Gasteiger partial charge is 0.197 e. The van der Waals surface area contributed by atoms with E-state index in [4.69, 9.17) is 0 Å². The van der Waals surface area contributed by atoms with Crippen LogP contribution in [0.15, 0.2) is 24.3 Å². The van der Waals surface area contributed by atoms with E-state index in [-0.39, 0.29) is 5.41 Å². The maximum absolute atomic E-state index is 9.35. The zero-order valence-corrected chi connectivity index (χ0v) is 9.29. The number of rotatable bonds is 2. The molecule has 0 unspecified atom stereocenters. The molecule has 1 heteroatoms. The number of nitriles is 1. The molecule has 0 aliphatic heterocycles. The molecule has 15 heavy (non-hydrogen) atoms. The topological polar surface area (TPSA) is 23.8 Å². The first kappa shape index (κ1) is 10.2. The van der Waals surface area contributed by atoms with Crippen LogP contribution < -0.4 is 0 Å². The molecule has 1 aromatic rings. The van der Waals surface area contributed by atoms with Crippen LogP contribution in [-0.4, -0.2) is 0 Å². The van der Waals surface area contributed by atoms with Crippen molar-refractivity contribution in [2.75, 3.05) is 0 Å². The summed E-state index contributed by atoms with van der Waals surface area (Å²) in [5.74, 6) is 0. The zero-order valence-electron chi connectivity index (χ0n) is 9.29. The fourth-order valence-corrected chi connectivity index (χ4v) is 2.50. The Kier molecular flexibility index (Phi) is 2.77. The Bertz CT molecular complexity index is 363. The SMILES string of the molecule is CCc1ccc(C2(C#N)CCCC2)cc1. The molecule has 0 bridgehead atoms. The first-order valence-electron chi connectivity index (χ1n) is 5.81.